The first kappa shape index (κ1) is 20.4. The van der Waals surface area contributed by atoms with E-state index in [1.807, 2.05) is 6.92 Å². The van der Waals surface area contributed by atoms with Gasteiger partial charge in [0.15, 0.2) is 6.10 Å². The quantitative estimate of drug-likeness (QED) is 0.147. The Labute approximate surface area is 121 Å². The average Bonchev–Trinajstić information content (AvgIpc) is 2.41. The first-order valence-corrected chi connectivity index (χ1v) is 7.72. The molecule has 0 radical (unpaired) electrons. The summed E-state index contributed by atoms with van der Waals surface area (Å²) in [5, 5.41) is 37.8. The van der Waals surface area contributed by atoms with Gasteiger partial charge in [0.05, 0.1) is 13.2 Å². The van der Waals surface area contributed by atoms with Crippen molar-refractivity contribution < 1.29 is 48.8 Å². The van der Waals surface area contributed by atoms with Gasteiger partial charge in [0, 0.05) is 0 Å². The number of hydrogen-bond acceptors (Lipinski definition) is 8. The summed E-state index contributed by atoms with van der Waals surface area (Å²) in [6, 6.07) is 0. The Morgan fingerprint density at radius 3 is 2.19 bits per heavy atom. The molecule has 0 aromatic rings. The minimum atomic E-state index is -4.86. The average molecular weight is 332 g/mol. The summed E-state index contributed by atoms with van der Waals surface area (Å²) in [5.74, 6) is -1.18. The van der Waals surface area contributed by atoms with E-state index in [-0.39, 0.29) is 6.61 Å². The monoisotopic (exact) mass is 332 g/mol. The topological polar surface area (TPSA) is 174 Å². The van der Waals surface area contributed by atoms with E-state index in [1.165, 1.54) is 0 Å². The van der Waals surface area contributed by atoms with Crippen LogP contribution in [-0.4, -0.2) is 73.8 Å². The van der Waals surface area contributed by atoms with Crippen LogP contribution < -0.4 is 0 Å². The number of carbonyl (C=O) groups excluding carboxylic acids is 1. The zero-order chi connectivity index (χ0) is 16.6. The summed E-state index contributed by atoms with van der Waals surface area (Å²) in [6.45, 7) is 0.874. The standard InChI is InChI=1S/C10H21O10P/c1-2-3-4-19-10(15)9(14)8(13)7(12)6(11)5-20-21(16,17)18/h6-9,11-14H,2-5H2,1H3,(H2,16,17,18)/t6-,7-,8+,9-/m1/s1. The second-order valence-corrected chi connectivity index (χ2v) is 5.54. The second kappa shape index (κ2) is 9.44. The van der Waals surface area contributed by atoms with E-state index in [9.17, 15) is 29.8 Å². The molecule has 6 N–H and O–H groups in total. The van der Waals surface area contributed by atoms with Gasteiger partial charge in [-0.2, -0.15) is 0 Å². The van der Waals surface area contributed by atoms with Crippen LogP contribution in [0, 0.1) is 0 Å². The Morgan fingerprint density at radius 1 is 1.14 bits per heavy atom. The fraction of sp³-hybridized carbons (Fsp3) is 0.900. The molecule has 0 rings (SSSR count). The molecular weight excluding hydrogens is 311 g/mol. The Kier molecular flexibility index (Phi) is 9.18. The summed E-state index contributed by atoms with van der Waals surface area (Å²) in [7, 11) is -4.86. The molecule has 0 saturated heterocycles. The van der Waals surface area contributed by atoms with Crippen LogP contribution in [0.15, 0.2) is 0 Å². The number of unbranched alkanes of at least 4 members (excludes halogenated alkanes) is 1. The molecular formula is C10H21O10P. The molecule has 11 heteroatoms. The lowest BCUT2D eigenvalue weighted by Crippen LogP contribution is -2.49. The molecule has 0 fully saturated rings. The number of ether oxygens (including phenoxy) is 1. The van der Waals surface area contributed by atoms with Crippen molar-refractivity contribution in [2.45, 2.75) is 44.2 Å². The summed E-state index contributed by atoms with van der Waals surface area (Å²) in [6.07, 6.45) is -6.91. The lowest BCUT2D eigenvalue weighted by Gasteiger charge is -2.25. The molecule has 126 valence electrons. The molecule has 0 heterocycles. The van der Waals surface area contributed by atoms with Crippen molar-refractivity contribution >= 4 is 13.8 Å². The first-order valence-electron chi connectivity index (χ1n) is 6.19. The molecule has 4 atom stereocenters. The first-order chi connectivity index (χ1) is 9.60. The van der Waals surface area contributed by atoms with Gasteiger partial charge in [0.1, 0.15) is 18.3 Å². The van der Waals surface area contributed by atoms with Gasteiger partial charge in [-0.25, -0.2) is 9.36 Å². The van der Waals surface area contributed by atoms with Crippen LogP contribution in [0.2, 0.25) is 0 Å². The number of phosphoric acid groups is 1. The van der Waals surface area contributed by atoms with Gasteiger partial charge < -0.3 is 34.9 Å². The molecule has 0 aliphatic carbocycles. The smallest absolute Gasteiger partial charge is 0.464 e. The number of aliphatic hydroxyl groups is 4. The summed E-state index contributed by atoms with van der Waals surface area (Å²) < 4.78 is 19.0. The fourth-order valence-corrected chi connectivity index (χ4v) is 1.58. The predicted octanol–water partition coefficient (Wildman–Crippen LogP) is -2.12. The van der Waals surface area contributed by atoms with E-state index in [4.69, 9.17) is 9.79 Å². The number of esters is 1. The van der Waals surface area contributed by atoms with E-state index in [1.54, 1.807) is 0 Å². The Morgan fingerprint density at radius 2 is 1.71 bits per heavy atom. The van der Waals surface area contributed by atoms with E-state index >= 15 is 0 Å². The second-order valence-electron chi connectivity index (χ2n) is 4.30. The van der Waals surface area contributed by atoms with Crippen molar-refractivity contribution in [2.75, 3.05) is 13.2 Å². The minimum Gasteiger partial charge on any atom is -0.464 e. The fourth-order valence-electron chi connectivity index (χ4n) is 1.23. The van der Waals surface area contributed by atoms with Gasteiger partial charge in [-0.3, -0.25) is 4.52 Å². The van der Waals surface area contributed by atoms with Crippen molar-refractivity contribution in [3.63, 3.8) is 0 Å². The maximum atomic E-state index is 11.3. The van der Waals surface area contributed by atoms with Crippen LogP contribution in [0.25, 0.3) is 0 Å². The van der Waals surface area contributed by atoms with Crippen molar-refractivity contribution in [3.8, 4) is 0 Å². The van der Waals surface area contributed by atoms with Crippen molar-refractivity contribution in [3.05, 3.63) is 0 Å². The summed E-state index contributed by atoms with van der Waals surface area (Å²) in [5.41, 5.74) is 0. The molecule has 0 spiro atoms. The third-order valence-corrected chi connectivity index (χ3v) is 2.95. The van der Waals surface area contributed by atoms with E-state index in [2.05, 4.69) is 9.26 Å². The van der Waals surface area contributed by atoms with Crippen molar-refractivity contribution in [1.29, 1.82) is 0 Å². The Balaban J connectivity index is 4.36. The molecule has 0 aliphatic heterocycles. The zero-order valence-corrected chi connectivity index (χ0v) is 12.3. The van der Waals surface area contributed by atoms with Crippen LogP contribution >= 0.6 is 7.82 Å². The van der Waals surface area contributed by atoms with Crippen LogP contribution in [-0.2, 0) is 18.6 Å². The number of carbonyl (C=O) groups is 1. The molecule has 0 saturated carbocycles. The van der Waals surface area contributed by atoms with Crippen molar-refractivity contribution in [1.82, 2.24) is 0 Å². The van der Waals surface area contributed by atoms with Crippen LogP contribution in [0.5, 0.6) is 0 Å². The van der Waals surface area contributed by atoms with Gasteiger partial charge in [0.25, 0.3) is 0 Å². The van der Waals surface area contributed by atoms with Gasteiger partial charge in [-0.05, 0) is 6.42 Å². The molecule has 0 aromatic heterocycles. The largest absolute Gasteiger partial charge is 0.469 e. The third kappa shape index (κ3) is 8.44. The molecule has 0 bridgehead atoms. The van der Waals surface area contributed by atoms with E-state index in [0.717, 1.165) is 6.42 Å². The van der Waals surface area contributed by atoms with Crippen LogP contribution in [0.3, 0.4) is 0 Å². The zero-order valence-electron chi connectivity index (χ0n) is 11.4. The maximum absolute atomic E-state index is 11.3. The van der Waals surface area contributed by atoms with Gasteiger partial charge in [0.2, 0.25) is 0 Å². The highest BCUT2D eigenvalue weighted by Gasteiger charge is 2.36. The summed E-state index contributed by atoms with van der Waals surface area (Å²) >= 11 is 0. The lowest BCUT2D eigenvalue weighted by atomic mass is 10.0. The molecule has 0 unspecified atom stereocenters. The van der Waals surface area contributed by atoms with Crippen LogP contribution in [0.4, 0.5) is 0 Å². The van der Waals surface area contributed by atoms with Crippen molar-refractivity contribution in [2.24, 2.45) is 0 Å². The lowest BCUT2D eigenvalue weighted by molar-refractivity contribution is -0.170. The predicted molar refractivity (Wildman–Crippen MR) is 67.9 cm³/mol. The molecule has 21 heavy (non-hydrogen) atoms. The van der Waals surface area contributed by atoms with E-state index < -0.39 is 44.8 Å². The number of rotatable bonds is 10. The van der Waals surface area contributed by atoms with Crippen LogP contribution in [0.1, 0.15) is 19.8 Å². The van der Waals surface area contributed by atoms with E-state index in [0.29, 0.717) is 6.42 Å². The molecule has 0 aliphatic rings. The number of hydrogen-bond donors (Lipinski definition) is 6. The summed E-state index contributed by atoms with van der Waals surface area (Å²) in [4.78, 5) is 28.2. The number of aliphatic hydroxyl groups excluding tert-OH is 4. The highest BCUT2D eigenvalue weighted by Crippen LogP contribution is 2.35. The van der Waals surface area contributed by atoms with Gasteiger partial charge in [-0.1, -0.05) is 13.3 Å². The Bertz CT molecular complexity index is 356. The SMILES string of the molecule is CCCCOC(=O)[C@H](O)[C@@H](O)[C@H](O)[C@H](O)COP(=O)(O)O. The number of phosphoric ester groups is 1. The third-order valence-electron chi connectivity index (χ3n) is 2.46. The molecule has 10 nitrogen and oxygen atoms in total. The van der Waals surface area contributed by atoms with Gasteiger partial charge in [-0.15, -0.1) is 0 Å². The Hall–Kier alpha value is -0.580. The maximum Gasteiger partial charge on any atom is 0.469 e. The minimum absolute atomic E-state index is 0.0269. The highest BCUT2D eigenvalue weighted by molar-refractivity contribution is 7.46. The molecule has 0 amide bonds. The highest BCUT2D eigenvalue weighted by atomic mass is 31.2. The molecule has 0 aromatic carbocycles. The normalized spacial score (nSPS) is 17.9. The van der Waals surface area contributed by atoms with Gasteiger partial charge >= 0.3 is 13.8 Å².